The molecule has 2 nitrogen and oxygen atoms in total. The van der Waals surface area contributed by atoms with Gasteiger partial charge in [-0.3, -0.25) is 0 Å². The van der Waals surface area contributed by atoms with Crippen LogP contribution in [-0.2, 0) is 6.15 Å². The molecule has 0 atom stereocenters. The van der Waals surface area contributed by atoms with Gasteiger partial charge < -0.3 is 0 Å². The Balaban J connectivity index is 3.47. The molecule has 0 fully saturated rings. The SMILES string of the molecule is CCC[CH2][Sn]([O]CCC)[O]CCC. The Morgan fingerprint density at radius 1 is 0.846 bits per heavy atom. The normalized spacial score (nSPS) is 11.1. The van der Waals surface area contributed by atoms with Crippen LogP contribution < -0.4 is 0 Å². The summed E-state index contributed by atoms with van der Waals surface area (Å²) in [5.74, 6) is 0. The standard InChI is InChI=1S/C4H9.2C3H7O.Sn/c1-3-4-2;2*1-2-3-4;/h1,3-4H2,2H3;2*2-3H2,1H3;/q;2*-1;+2. The fourth-order valence-corrected chi connectivity index (χ4v) is 6.30. The van der Waals surface area contributed by atoms with Crippen molar-refractivity contribution in [1.29, 1.82) is 0 Å². The fraction of sp³-hybridized carbons (Fsp3) is 1.00. The van der Waals surface area contributed by atoms with Gasteiger partial charge in [-0.25, -0.2) is 0 Å². The van der Waals surface area contributed by atoms with E-state index in [1.807, 2.05) is 0 Å². The van der Waals surface area contributed by atoms with Crippen LogP contribution in [-0.4, -0.2) is 33.8 Å². The molecule has 0 saturated heterocycles. The van der Waals surface area contributed by atoms with E-state index in [9.17, 15) is 0 Å². The molecule has 0 aliphatic carbocycles. The molecular formula is C10H23O2Sn. The van der Waals surface area contributed by atoms with Gasteiger partial charge in [0.15, 0.2) is 0 Å². The summed E-state index contributed by atoms with van der Waals surface area (Å²) in [5.41, 5.74) is 0. The zero-order chi connectivity index (χ0) is 9.94. The van der Waals surface area contributed by atoms with Crippen LogP contribution >= 0.6 is 0 Å². The Morgan fingerprint density at radius 2 is 1.38 bits per heavy atom. The summed E-state index contributed by atoms with van der Waals surface area (Å²) in [7, 11) is 0. The predicted octanol–water partition coefficient (Wildman–Crippen LogP) is 3.13. The molecule has 0 spiro atoms. The molecule has 79 valence electrons. The summed E-state index contributed by atoms with van der Waals surface area (Å²) in [6, 6.07) is 0. The third-order valence-corrected chi connectivity index (χ3v) is 6.85. The maximum atomic E-state index is 5.77. The molecule has 3 heteroatoms. The monoisotopic (exact) mass is 295 g/mol. The van der Waals surface area contributed by atoms with E-state index >= 15 is 0 Å². The van der Waals surface area contributed by atoms with Crippen molar-refractivity contribution in [2.24, 2.45) is 0 Å². The van der Waals surface area contributed by atoms with Gasteiger partial charge in [-0.15, -0.1) is 0 Å². The van der Waals surface area contributed by atoms with Gasteiger partial charge in [0.05, 0.1) is 0 Å². The van der Waals surface area contributed by atoms with Crippen LogP contribution in [0.1, 0.15) is 46.5 Å². The molecule has 0 bridgehead atoms. The van der Waals surface area contributed by atoms with Crippen molar-refractivity contribution in [3.05, 3.63) is 0 Å². The predicted molar refractivity (Wildman–Crippen MR) is 58.0 cm³/mol. The summed E-state index contributed by atoms with van der Waals surface area (Å²) in [4.78, 5) is 0. The van der Waals surface area contributed by atoms with Crippen molar-refractivity contribution >= 4 is 20.6 Å². The molecule has 0 aliphatic rings. The van der Waals surface area contributed by atoms with E-state index in [-0.39, 0.29) is 0 Å². The number of hydrogen-bond donors (Lipinski definition) is 0. The van der Waals surface area contributed by atoms with Crippen molar-refractivity contribution < 1.29 is 6.15 Å². The fourth-order valence-electron chi connectivity index (χ4n) is 0.939. The number of hydrogen-bond acceptors (Lipinski definition) is 2. The van der Waals surface area contributed by atoms with E-state index in [1.54, 1.807) is 0 Å². The zero-order valence-electron chi connectivity index (χ0n) is 9.27. The zero-order valence-corrected chi connectivity index (χ0v) is 12.1. The van der Waals surface area contributed by atoms with Crippen LogP contribution in [0.15, 0.2) is 0 Å². The van der Waals surface area contributed by atoms with Crippen LogP contribution in [0.2, 0.25) is 4.44 Å². The Labute approximate surface area is 90.8 Å². The molecular weight excluding hydrogens is 271 g/mol. The van der Waals surface area contributed by atoms with Gasteiger partial charge >= 0.3 is 90.8 Å². The second kappa shape index (κ2) is 10.8. The van der Waals surface area contributed by atoms with Gasteiger partial charge in [-0.2, -0.15) is 0 Å². The average Bonchev–Trinajstić information content (AvgIpc) is 2.17. The first-order valence-electron chi connectivity index (χ1n) is 5.46. The van der Waals surface area contributed by atoms with Crippen LogP contribution in [0.3, 0.4) is 0 Å². The summed E-state index contributed by atoms with van der Waals surface area (Å²) in [6.45, 7) is 8.34. The van der Waals surface area contributed by atoms with Gasteiger partial charge in [-0.05, 0) is 0 Å². The molecule has 0 aliphatic heterocycles. The van der Waals surface area contributed by atoms with E-state index in [0.717, 1.165) is 26.1 Å². The van der Waals surface area contributed by atoms with E-state index in [0.29, 0.717) is 0 Å². The molecule has 0 unspecified atom stereocenters. The van der Waals surface area contributed by atoms with Crippen LogP contribution in [0.5, 0.6) is 0 Å². The van der Waals surface area contributed by atoms with E-state index < -0.39 is 20.6 Å². The van der Waals surface area contributed by atoms with Gasteiger partial charge in [0.2, 0.25) is 0 Å². The van der Waals surface area contributed by atoms with Crippen molar-refractivity contribution in [1.82, 2.24) is 0 Å². The topological polar surface area (TPSA) is 18.5 Å². The number of rotatable bonds is 9. The van der Waals surface area contributed by atoms with Gasteiger partial charge in [0.25, 0.3) is 0 Å². The molecule has 0 N–H and O–H groups in total. The van der Waals surface area contributed by atoms with Crippen LogP contribution in [0.25, 0.3) is 0 Å². The van der Waals surface area contributed by atoms with E-state index in [4.69, 9.17) is 6.15 Å². The molecule has 0 aromatic heterocycles. The molecule has 0 amide bonds. The van der Waals surface area contributed by atoms with E-state index in [1.165, 1.54) is 17.3 Å². The minimum atomic E-state index is -1.84. The third-order valence-electron chi connectivity index (χ3n) is 1.67. The average molecular weight is 294 g/mol. The second-order valence-electron chi connectivity index (χ2n) is 3.17. The Hall–Kier alpha value is 0.719. The summed E-state index contributed by atoms with van der Waals surface area (Å²) < 4.78 is 12.8. The molecule has 0 rings (SSSR count). The summed E-state index contributed by atoms with van der Waals surface area (Å²) in [5, 5.41) is 0. The molecule has 0 aromatic rings. The Kier molecular flexibility index (Phi) is 11.4. The van der Waals surface area contributed by atoms with Gasteiger partial charge in [0, 0.05) is 0 Å². The first kappa shape index (κ1) is 13.7. The Bertz CT molecular complexity index is 79.9. The number of unbranched alkanes of at least 4 members (excludes halogenated alkanes) is 1. The molecule has 13 heavy (non-hydrogen) atoms. The third kappa shape index (κ3) is 9.03. The van der Waals surface area contributed by atoms with Crippen molar-refractivity contribution in [2.75, 3.05) is 13.2 Å². The first-order valence-corrected chi connectivity index (χ1v) is 9.81. The molecule has 0 aromatic carbocycles. The first-order chi connectivity index (χ1) is 6.35. The molecule has 0 saturated carbocycles. The Morgan fingerprint density at radius 3 is 1.77 bits per heavy atom. The van der Waals surface area contributed by atoms with Crippen molar-refractivity contribution in [3.63, 3.8) is 0 Å². The molecule has 0 heterocycles. The second-order valence-corrected chi connectivity index (χ2v) is 8.37. The summed E-state index contributed by atoms with van der Waals surface area (Å²) >= 11 is -1.84. The maximum absolute atomic E-state index is 5.77. The van der Waals surface area contributed by atoms with Gasteiger partial charge in [0.1, 0.15) is 0 Å². The van der Waals surface area contributed by atoms with Crippen molar-refractivity contribution in [2.45, 2.75) is 50.9 Å². The van der Waals surface area contributed by atoms with Crippen molar-refractivity contribution in [3.8, 4) is 0 Å². The van der Waals surface area contributed by atoms with E-state index in [2.05, 4.69) is 20.8 Å². The summed E-state index contributed by atoms with van der Waals surface area (Å²) in [6.07, 6.45) is 4.77. The van der Waals surface area contributed by atoms with Crippen LogP contribution in [0.4, 0.5) is 0 Å². The van der Waals surface area contributed by atoms with Gasteiger partial charge in [-0.1, -0.05) is 0 Å². The molecule has 1 radical (unpaired) electrons. The van der Waals surface area contributed by atoms with Crippen LogP contribution in [0, 0.1) is 0 Å². The minimum absolute atomic E-state index is 0.905. The quantitative estimate of drug-likeness (QED) is 0.608.